The molecule has 3 amide bonds. The third-order valence-corrected chi connectivity index (χ3v) is 7.85. The molecule has 3 aromatic carbocycles. The van der Waals surface area contributed by atoms with Crippen LogP contribution in [0.1, 0.15) is 85.8 Å². The second-order valence-corrected chi connectivity index (χ2v) is 12.2. The van der Waals surface area contributed by atoms with E-state index in [2.05, 4.69) is 38.2 Å². The fourth-order valence-electron chi connectivity index (χ4n) is 5.21. The van der Waals surface area contributed by atoms with Gasteiger partial charge in [-0.3, -0.25) is 9.69 Å². The number of benzene rings is 3. The molecule has 0 bridgehead atoms. The Kier molecular flexibility index (Phi) is 9.84. The molecular formula is C34H39F2N3O4. The molecule has 0 unspecified atom stereocenters. The highest BCUT2D eigenvalue weighted by molar-refractivity contribution is 6.01. The number of hydrogen-bond donors (Lipinski definition) is 3. The highest BCUT2D eigenvalue weighted by atomic mass is 19.3. The van der Waals surface area contributed by atoms with Gasteiger partial charge in [-0.25, -0.2) is 9.59 Å². The van der Waals surface area contributed by atoms with Gasteiger partial charge in [-0.15, -0.1) is 0 Å². The first-order valence-corrected chi connectivity index (χ1v) is 14.6. The van der Waals surface area contributed by atoms with Gasteiger partial charge in [-0.1, -0.05) is 76.4 Å². The molecule has 0 saturated heterocycles. The zero-order valence-electron chi connectivity index (χ0n) is 24.8. The molecule has 0 radical (unpaired) electrons. The lowest BCUT2D eigenvalue weighted by Gasteiger charge is -2.26. The topological polar surface area (TPSA) is 98.7 Å². The lowest BCUT2D eigenvalue weighted by molar-refractivity contribution is -0.163. The number of carboxylic acids is 1. The van der Waals surface area contributed by atoms with E-state index in [4.69, 9.17) is 5.11 Å². The Bertz CT molecular complexity index is 1430. The Hall–Kier alpha value is -4.27. The van der Waals surface area contributed by atoms with Crippen molar-refractivity contribution in [2.24, 2.45) is 0 Å². The van der Waals surface area contributed by atoms with Crippen LogP contribution in [0.3, 0.4) is 0 Å². The monoisotopic (exact) mass is 591 g/mol. The summed E-state index contributed by atoms with van der Waals surface area (Å²) in [7, 11) is 0. The summed E-state index contributed by atoms with van der Waals surface area (Å²) in [5.74, 6) is -6.67. The smallest absolute Gasteiger partial charge is 0.376 e. The van der Waals surface area contributed by atoms with Crippen molar-refractivity contribution in [3.63, 3.8) is 0 Å². The summed E-state index contributed by atoms with van der Waals surface area (Å²) in [6, 6.07) is 21.7. The van der Waals surface area contributed by atoms with E-state index in [0.29, 0.717) is 22.9 Å². The fraction of sp³-hybridized carbons (Fsp3) is 0.382. The largest absolute Gasteiger partial charge is 0.477 e. The molecular weight excluding hydrogens is 552 g/mol. The minimum Gasteiger partial charge on any atom is -0.477 e. The number of nitrogens with one attached hydrogen (secondary N) is 2. The normalized spacial score (nSPS) is 14.2. The number of nitrogens with zero attached hydrogens (tertiary/aromatic N) is 1. The number of urea groups is 1. The van der Waals surface area contributed by atoms with Gasteiger partial charge in [0.25, 0.3) is 5.91 Å². The summed E-state index contributed by atoms with van der Waals surface area (Å²) in [5, 5.41) is 13.5. The van der Waals surface area contributed by atoms with Crippen molar-refractivity contribution in [3.05, 3.63) is 95.1 Å². The van der Waals surface area contributed by atoms with Crippen LogP contribution >= 0.6 is 0 Å². The third kappa shape index (κ3) is 8.40. The standard InChI is InChI=1S/C34H39F2N3O4/c1-33(2,3)27-10-7-11-28(20-27)38-32(43)39(29-18-16-25(17-19-29)24-8-5-4-6-9-24)21-23-12-14-26(15-13-23)30(40)37-22-34(35,36)31(41)42/h7,10-20,24H,4-6,8-9,21-22H2,1-3H3,(H,37,40)(H,38,43)(H,41,42). The maximum absolute atomic E-state index is 13.7. The number of carbonyl (C=O) groups excluding carboxylic acids is 2. The fourth-order valence-corrected chi connectivity index (χ4v) is 5.21. The van der Waals surface area contributed by atoms with E-state index in [1.165, 1.54) is 49.8 Å². The number of carboxylic acid groups (broad SMARTS) is 1. The van der Waals surface area contributed by atoms with Gasteiger partial charge in [-0.05, 0) is 77.3 Å². The minimum atomic E-state index is -4.07. The first-order chi connectivity index (χ1) is 20.3. The second-order valence-electron chi connectivity index (χ2n) is 12.2. The van der Waals surface area contributed by atoms with E-state index < -0.39 is 24.3 Å². The van der Waals surface area contributed by atoms with E-state index >= 15 is 0 Å². The Morgan fingerprint density at radius 1 is 0.907 bits per heavy atom. The van der Waals surface area contributed by atoms with Gasteiger partial charge in [0.05, 0.1) is 13.1 Å². The summed E-state index contributed by atoms with van der Waals surface area (Å²) in [4.78, 5) is 38.3. The van der Waals surface area contributed by atoms with Crippen molar-refractivity contribution in [3.8, 4) is 0 Å². The highest BCUT2D eigenvalue weighted by Gasteiger charge is 2.39. The molecule has 3 N–H and O–H groups in total. The van der Waals surface area contributed by atoms with Crippen LogP contribution in [0.25, 0.3) is 0 Å². The SMILES string of the molecule is CC(C)(C)c1cccc(NC(=O)N(Cc2ccc(C(=O)NCC(F)(F)C(=O)O)cc2)c2ccc(C3CCCCC3)cc2)c1. The summed E-state index contributed by atoms with van der Waals surface area (Å²) < 4.78 is 26.8. The molecule has 0 aliphatic heterocycles. The second kappa shape index (κ2) is 13.4. The molecule has 4 rings (SSSR count). The number of carbonyl (C=O) groups is 3. The summed E-state index contributed by atoms with van der Waals surface area (Å²) >= 11 is 0. The number of halogens is 2. The van der Waals surface area contributed by atoms with E-state index in [0.717, 1.165) is 5.56 Å². The number of aliphatic carboxylic acids is 1. The van der Waals surface area contributed by atoms with Crippen LogP contribution in [0, 0.1) is 0 Å². The predicted molar refractivity (Wildman–Crippen MR) is 164 cm³/mol. The molecule has 9 heteroatoms. The average molecular weight is 592 g/mol. The van der Waals surface area contributed by atoms with Gasteiger partial charge < -0.3 is 15.7 Å². The number of amides is 3. The van der Waals surface area contributed by atoms with E-state index in [1.807, 2.05) is 41.7 Å². The molecule has 3 aromatic rings. The zero-order chi connectivity index (χ0) is 31.2. The van der Waals surface area contributed by atoms with Gasteiger partial charge in [0, 0.05) is 16.9 Å². The highest BCUT2D eigenvalue weighted by Crippen LogP contribution is 2.34. The van der Waals surface area contributed by atoms with Crippen molar-refractivity contribution in [2.75, 3.05) is 16.8 Å². The van der Waals surface area contributed by atoms with Crippen LogP contribution < -0.4 is 15.5 Å². The number of anilines is 2. The van der Waals surface area contributed by atoms with Gasteiger partial charge in [-0.2, -0.15) is 8.78 Å². The Balaban J connectivity index is 1.54. The molecule has 0 atom stereocenters. The van der Waals surface area contributed by atoms with Crippen molar-refractivity contribution in [1.29, 1.82) is 0 Å². The minimum absolute atomic E-state index is 0.0903. The van der Waals surface area contributed by atoms with Crippen LogP contribution in [0.2, 0.25) is 0 Å². The van der Waals surface area contributed by atoms with Gasteiger partial charge in [0.1, 0.15) is 0 Å². The number of hydrogen-bond acceptors (Lipinski definition) is 3. The van der Waals surface area contributed by atoms with Gasteiger partial charge in [0.2, 0.25) is 0 Å². The molecule has 0 spiro atoms. The Morgan fingerprint density at radius 2 is 1.56 bits per heavy atom. The van der Waals surface area contributed by atoms with Gasteiger partial charge >= 0.3 is 17.9 Å². The van der Waals surface area contributed by atoms with Crippen molar-refractivity contribution in [2.45, 2.75) is 76.7 Å². The van der Waals surface area contributed by atoms with Crippen molar-refractivity contribution in [1.82, 2.24) is 5.32 Å². The molecule has 1 saturated carbocycles. The van der Waals surface area contributed by atoms with Crippen LogP contribution in [0.15, 0.2) is 72.8 Å². The molecule has 1 aliphatic rings. The zero-order valence-corrected chi connectivity index (χ0v) is 24.8. The van der Waals surface area contributed by atoms with Crippen LogP contribution in [-0.2, 0) is 16.8 Å². The molecule has 1 aliphatic carbocycles. The van der Waals surface area contributed by atoms with Gasteiger partial charge in [0.15, 0.2) is 0 Å². The molecule has 43 heavy (non-hydrogen) atoms. The summed E-state index contributed by atoms with van der Waals surface area (Å²) in [5.41, 5.74) is 4.45. The predicted octanol–water partition coefficient (Wildman–Crippen LogP) is 7.72. The summed E-state index contributed by atoms with van der Waals surface area (Å²) in [6.45, 7) is 5.19. The van der Waals surface area contributed by atoms with E-state index in [9.17, 15) is 23.2 Å². The van der Waals surface area contributed by atoms with Crippen LogP contribution in [-0.4, -0.2) is 35.5 Å². The lowest BCUT2D eigenvalue weighted by atomic mass is 9.84. The molecule has 0 aromatic heterocycles. The quantitative estimate of drug-likeness (QED) is 0.237. The molecule has 0 heterocycles. The third-order valence-electron chi connectivity index (χ3n) is 7.85. The lowest BCUT2D eigenvalue weighted by Crippen LogP contribution is -2.42. The summed E-state index contributed by atoms with van der Waals surface area (Å²) in [6.07, 6.45) is 6.06. The molecule has 1 fully saturated rings. The van der Waals surface area contributed by atoms with Crippen LogP contribution in [0.5, 0.6) is 0 Å². The maximum atomic E-state index is 13.7. The number of rotatable bonds is 9. The Morgan fingerprint density at radius 3 is 2.16 bits per heavy atom. The van der Waals surface area contributed by atoms with E-state index in [1.54, 1.807) is 17.0 Å². The Labute approximate surface area is 251 Å². The maximum Gasteiger partial charge on any atom is 0.376 e. The van der Waals surface area contributed by atoms with Crippen molar-refractivity contribution < 1.29 is 28.3 Å². The van der Waals surface area contributed by atoms with Crippen molar-refractivity contribution >= 4 is 29.3 Å². The first kappa shape index (κ1) is 31.7. The average Bonchev–Trinajstić information content (AvgIpc) is 2.99. The molecule has 7 nitrogen and oxygen atoms in total. The first-order valence-electron chi connectivity index (χ1n) is 14.6. The molecule has 228 valence electrons. The number of alkyl halides is 2. The van der Waals surface area contributed by atoms with Crippen LogP contribution in [0.4, 0.5) is 25.0 Å². The van der Waals surface area contributed by atoms with E-state index in [-0.39, 0.29) is 23.6 Å².